The molecule has 1 aliphatic rings. The van der Waals surface area contributed by atoms with E-state index in [0.717, 1.165) is 18.9 Å². The van der Waals surface area contributed by atoms with Crippen molar-refractivity contribution in [3.05, 3.63) is 41.7 Å². The molecule has 1 aromatic carbocycles. The summed E-state index contributed by atoms with van der Waals surface area (Å²) in [5.41, 5.74) is 0.605. The number of hydrogen-bond acceptors (Lipinski definition) is 4. The second kappa shape index (κ2) is 4.62. The Balaban J connectivity index is 1.85. The zero-order valence-corrected chi connectivity index (χ0v) is 10.6. The van der Waals surface area contributed by atoms with Gasteiger partial charge < -0.3 is 9.67 Å². The first kappa shape index (κ1) is 12.1. The maximum atomic E-state index is 13.3. The average Bonchev–Trinajstić information content (AvgIpc) is 2.88. The highest BCUT2D eigenvalue weighted by atomic mass is 19.1. The Labute approximate surface area is 110 Å². The molecule has 1 N–H and O–H groups in total. The summed E-state index contributed by atoms with van der Waals surface area (Å²) in [7, 11) is 0. The highest BCUT2D eigenvalue weighted by Gasteiger charge is 2.24. The molecule has 6 heteroatoms. The molecule has 5 nitrogen and oxygen atoms in total. The van der Waals surface area contributed by atoms with Crippen LogP contribution in [0.3, 0.4) is 0 Å². The molecule has 1 atom stereocenters. The smallest absolute Gasteiger partial charge is 0.147 e. The molecule has 0 saturated carbocycles. The molecule has 0 fully saturated rings. The molecule has 0 radical (unpaired) electrons. The predicted molar refractivity (Wildman–Crippen MR) is 66.9 cm³/mol. The van der Waals surface area contributed by atoms with Crippen molar-refractivity contribution in [2.45, 2.75) is 26.1 Å². The van der Waals surface area contributed by atoms with Gasteiger partial charge in [0.25, 0.3) is 0 Å². The Hall–Kier alpha value is -1.95. The number of nitrogens with zero attached hydrogens (tertiary/aromatic N) is 4. The number of aromatic nitrogens is 3. The molecule has 2 heterocycles. The second-order valence-corrected chi connectivity index (χ2v) is 4.79. The summed E-state index contributed by atoms with van der Waals surface area (Å²) in [6.45, 7) is 4.24. The molecule has 0 aliphatic carbocycles. The molecule has 1 aliphatic heterocycles. The van der Waals surface area contributed by atoms with E-state index in [0.29, 0.717) is 12.1 Å². The highest BCUT2D eigenvalue weighted by molar-refractivity contribution is 5.35. The normalized spacial score (nSPS) is 17.2. The fourth-order valence-corrected chi connectivity index (χ4v) is 2.47. The maximum absolute atomic E-state index is 13.3. The van der Waals surface area contributed by atoms with Gasteiger partial charge in [-0.15, -0.1) is 10.2 Å². The summed E-state index contributed by atoms with van der Waals surface area (Å²) in [5.74, 6) is 0.690. The Morgan fingerprint density at radius 3 is 3.05 bits per heavy atom. The van der Waals surface area contributed by atoms with E-state index in [1.165, 1.54) is 18.2 Å². The fraction of sp³-hybridized carbons (Fsp3) is 0.385. The van der Waals surface area contributed by atoms with Gasteiger partial charge in [-0.25, -0.2) is 4.39 Å². The quantitative estimate of drug-likeness (QED) is 0.895. The van der Waals surface area contributed by atoms with Crippen LogP contribution in [0.15, 0.2) is 24.5 Å². The van der Waals surface area contributed by atoms with Crippen LogP contribution in [0.1, 0.15) is 24.4 Å². The van der Waals surface area contributed by atoms with Gasteiger partial charge in [-0.05, 0) is 25.1 Å². The molecule has 0 amide bonds. The van der Waals surface area contributed by atoms with Crippen LogP contribution < -0.4 is 0 Å². The molecule has 3 rings (SSSR count). The first-order valence-corrected chi connectivity index (χ1v) is 6.24. The van der Waals surface area contributed by atoms with Gasteiger partial charge in [0.05, 0.1) is 6.54 Å². The zero-order chi connectivity index (χ0) is 13.4. The lowest BCUT2D eigenvalue weighted by molar-refractivity contribution is 0.161. The third kappa shape index (κ3) is 2.19. The summed E-state index contributed by atoms with van der Waals surface area (Å²) < 4.78 is 15.3. The Morgan fingerprint density at radius 1 is 1.37 bits per heavy atom. The number of hydrogen-bond donors (Lipinski definition) is 1. The molecule has 0 spiro atoms. The minimum Gasteiger partial charge on any atom is -0.508 e. The van der Waals surface area contributed by atoms with E-state index in [1.807, 2.05) is 11.5 Å². The number of phenolic OH excluding ortho intramolecular Hbond substituents is 1. The molecule has 19 heavy (non-hydrogen) atoms. The number of rotatable bonds is 2. The van der Waals surface area contributed by atoms with Crippen LogP contribution in [-0.4, -0.2) is 31.3 Å². The monoisotopic (exact) mass is 262 g/mol. The van der Waals surface area contributed by atoms with E-state index in [1.54, 1.807) is 6.33 Å². The summed E-state index contributed by atoms with van der Waals surface area (Å²) in [5, 5.41) is 17.8. The van der Waals surface area contributed by atoms with Gasteiger partial charge in [0.15, 0.2) is 0 Å². The molecular weight excluding hydrogens is 247 g/mol. The minimum absolute atomic E-state index is 0.0684. The molecule has 0 saturated heterocycles. The van der Waals surface area contributed by atoms with E-state index in [2.05, 4.69) is 15.1 Å². The van der Waals surface area contributed by atoms with Crippen LogP contribution in [0.4, 0.5) is 4.39 Å². The third-order valence-corrected chi connectivity index (χ3v) is 3.66. The summed E-state index contributed by atoms with van der Waals surface area (Å²) >= 11 is 0. The van der Waals surface area contributed by atoms with E-state index in [9.17, 15) is 9.50 Å². The Kier molecular flexibility index (Phi) is 2.94. The fourth-order valence-electron chi connectivity index (χ4n) is 2.47. The number of phenols is 1. The van der Waals surface area contributed by atoms with Crippen LogP contribution in [0.5, 0.6) is 5.75 Å². The topological polar surface area (TPSA) is 54.2 Å². The molecule has 1 unspecified atom stereocenters. The average molecular weight is 262 g/mol. The third-order valence-electron chi connectivity index (χ3n) is 3.66. The first-order valence-electron chi connectivity index (χ1n) is 6.24. The minimum atomic E-state index is -0.333. The number of benzene rings is 1. The molecule has 0 bridgehead atoms. The largest absolute Gasteiger partial charge is 0.508 e. The van der Waals surface area contributed by atoms with Crippen LogP contribution in [0.2, 0.25) is 0 Å². The van der Waals surface area contributed by atoms with Crippen molar-refractivity contribution < 1.29 is 9.50 Å². The summed E-state index contributed by atoms with van der Waals surface area (Å²) in [4.78, 5) is 2.15. The lowest BCUT2D eigenvalue weighted by Gasteiger charge is -2.32. The number of aromatic hydroxyl groups is 1. The van der Waals surface area contributed by atoms with E-state index in [-0.39, 0.29) is 17.6 Å². The predicted octanol–water partition coefficient (Wildman–Crippen LogP) is 1.70. The Morgan fingerprint density at radius 2 is 2.21 bits per heavy atom. The van der Waals surface area contributed by atoms with Gasteiger partial charge in [0.2, 0.25) is 0 Å². The summed E-state index contributed by atoms with van der Waals surface area (Å²) in [6, 6.07) is 3.98. The van der Waals surface area contributed by atoms with Crippen molar-refractivity contribution in [2.75, 3.05) is 6.54 Å². The lowest BCUT2D eigenvalue weighted by Crippen LogP contribution is -2.35. The van der Waals surface area contributed by atoms with Crippen LogP contribution in [0, 0.1) is 5.82 Å². The standard InChI is InChI=1S/C13H15FN4O/c1-9(11-6-10(14)2-3-12(11)19)17-4-5-18-8-15-16-13(18)7-17/h2-3,6,8-9,19H,4-5,7H2,1H3. The van der Waals surface area contributed by atoms with Crippen molar-refractivity contribution >= 4 is 0 Å². The van der Waals surface area contributed by atoms with Crippen molar-refractivity contribution in [1.82, 2.24) is 19.7 Å². The maximum Gasteiger partial charge on any atom is 0.147 e. The van der Waals surface area contributed by atoms with E-state index >= 15 is 0 Å². The van der Waals surface area contributed by atoms with Crippen LogP contribution in [-0.2, 0) is 13.1 Å². The highest BCUT2D eigenvalue weighted by Crippen LogP contribution is 2.30. The number of fused-ring (bicyclic) bond motifs is 1. The van der Waals surface area contributed by atoms with Crippen LogP contribution in [0.25, 0.3) is 0 Å². The summed E-state index contributed by atoms with van der Waals surface area (Å²) in [6.07, 6.45) is 1.72. The van der Waals surface area contributed by atoms with Crippen molar-refractivity contribution in [3.8, 4) is 5.75 Å². The molecule has 2 aromatic rings. The van der Waals surface area contributed by atoms with E-state index in [4.69, 9.17) is 0 Å². The van der Waals surface area contributed by atoms with Crippen molar-refractivity contribution in [1.29, 1.82) is 0 Å². The molecule has 100 valence electrons. The first-order chi connectivity index (χ1) is 9.15. The second-order valence-electron chi connectivity index (χ2n) is 4.79. The molecular formula is C13H15FN4O. The van der Waals surface area contributed by atoms with Gasteiger partial charge in [0, 0.05) is 24.7 Å². The molecule has 1 aromatic heterocycles. The number of halogens is 1. The lowest BCUT2D eigenvalue weighted by atomic mass is 10.0. The van der Waals surface area contributed by atoms with Gasteiger partial charge in [-0.1, -0.05) is 0 Å². The van der Waals surface area contributed by atoms with Gasteiger partial charge in [-0.3, -0.25) is 4.90 Å². The van der Waals surface area contributed by atoms with Crippen molar-refractivity contribution in [2.24, 2.45) is 0 Å². The van der Waals surface area contributed by atoms with Crippen molar-refractivity contribution in [3.63, 3.8) is 0 Å². The van der Waals surface area contributed by atoms with Crippen LogP contribution >= 0.6 is 0 Å². The van der Waals surface area contributed by atoms with Gasteiger partial charge >= 0.3 is 0 Å². The van der Waals surface area contributed by atoms with Gasteiger partial charge in [-0.2, -0.15) is 0 Å². The van der Waals surface area contributed by atoms with E-state index < -0.39 is 0 Å². The Bertz CT molecular complexity index is 598. The zero-order valence-electron chi connectivity index (χ0n) is 10.6. The van der Waals surface area contributed by atoms with Gasteiger partial charge in [0.1, 0.15) is 23.7 Å². The SMILES string of the molecule is CC(c1cc(F)ccc1O)N1CCn2cnnc2C1.